The van der Waals surface area contributed by atoms with Gasteiger partial charge in [-0.1, -0.05) is 22.9 Å². The SMILES string of the molecule is CC(CO)N=C(N)c1c(Nc2ncc(C(=O)N3c4nccc(Cl)c4CC3O)s2)s[nH]c1=O. The van der Waals surface area contributed by atoms with E-state index in [1.807, 2.05) is 0 Å². The first-order valence-electron chi connectivity index (χ1n) is 9.34. The molecular formula is C18H18ClN7O4S2. The Hall–Kier alpha value is -2.84. The zero-order chi connectivity index (χ0) is 23.0. The van der Waals surface area contributed by atoms with Crippen molar-refractivity contribution in [3.8, 4) is 0 Å². The Balaban J connectivity index is 1.58. The molecule has 2 unspecified atom stereocenters. The molecule has 1 aliphatic rings. The van der Waals surface area contributed by atoms with E-state index in [1.54, 1.807) is 13.0 Å². The highest BCUT2D eigenvalue weighted by Crippen LogP contribution is 2.36. The molecule has 4 heterocycles. The van der Waals surface area contributed by atoms with Gasteiger partial charge in [-0.25, -0.2) is 9.97 Å². The summed E-state index contributed by atoms with van der Waals surface area (Å²) < 4.78 is 2.57. The van der Waals surface area contributed by atoms with Gasteiger partial charge >= 0.3 is 0 Å². The van der Waals surface area contributed by atoms with Crippen LogP contribution in [0.4, 0.5) is 16.0 Å². The van der Waals surface area contributed by atoms with Gasteiger partial charge in [0.15, 0.2) is 5.13 Å². The van der Waals surface area contributed by atoms with Crippen LogP contribution in [0.15, 0.2) is 28.2 Å². The van der Waals surface area contributed by atoms with Crippen LogP contribution < -0.4 is 21.5 Å². The number of aromatic nitrogens is 3. The Bertz CT molecular complexity index is 1250. The summed E-state index contributed by atoms with van der Waals surface area (Å²) >= 11 is 8.20. The fourth-order valence-electron chi connectivity index (χ4n) is 3.11. The zero-order valence-corrected chi connectivity index (χ0v) is 19.0. The third kappa shape index (κ3) is 4.12. The molecule has 14 heteroatoms. The van der Waals surface area contributed by atoms with E-state index in [0.717, 1.165) is 22.9 Å². The molecule has 1 aliphatic heterocycles. The van der Waals surface area contributed by atoms with Gasteiger partial charge in [0.05, 0.1) is 18.8 Å². The van der Waals surface area contributed by atoms with Crippen molar-refractivity contribution in [3.05, 3.63) is 49.8 Å². The van der Waals surface area contributed by atoms with Gasteiger partial charge in [-0.2, -0.15) is 0 Å². The Morgan fingerprint density at radius 3 is 3.06 bits per heavy atom. The largest absolute Gasteiger partial charge is 0.394 e. The molecule has 0 fully saturated rings. The van der Waals surface area contributed by atoms with Gasteiger partial charge in [0, 0.05) is 23.2 Å². The highest BCUT2D eigenvalue weighted by atomic mass is 35.5. The Kier molecular flexibility index (Phi) is 6.26. The molecule has 0 saturated carbocycles. The van der Waals surface area contributed by atoms with E-state index in [1.165, 1.54) is 17.3 Å². The fourth-order valence-corrected chi connectivity index (χ4v) is 4.90. The van der Waals surface area contributed by atoms with Crippen LogP contribution in [-0.2, 0) is 6.42 Å². The third-order valence-electron chi connectivity index (χ3n) is 4.62. The van der Waals surface area contributed by atoms with E-state index >= 15 is 0 Å². The number of nitrogens with one attached hydrogen (secondary N) is 2. The Labute approximate surface area is 194 Å². The van der Waals surface area contributed by atoms with E-state index in [0.29, 0.717) is 26.5 Å². The molecule has 0 aliphatic carbocycles. The number of aliphatic imine (C=N–C) groups is 1. The van der Waals surface area contributed by atoms with Crippen LogP contribution >= 0.6 is 34.5 Å². The minimum absolute atomic E-state index is 0.0239. The summed E-state index contributed by atoms with van der Waals surface area (Å²) in [6, 6.07) is 1.13. The number of anilines is 3. The van der Waals surface area contributed by atoms with Gasteiger partial charge in [0.1, 0.15) is 33.3 Å². The minimum atomic E-state index is -1.09. The van der Waals surface area contributed by atoms with Crippen molar-refractivity contribution in [1.29, 1.82) is 0 Å². The molecule has 4 rings (SSSR count). The van der Waals surface area contributed by atoms with Crippen molar-refractivity contribution in [1.82, 2.24) is 14.3 Å². The monoisotopic (exact) mass is 495 g/mol. The number of carbonyl (C=O) groups excluding carboxylic acids is 1. The van der Waals surface area contributed by atoms with Gasteiger partial charge < -0.3 is 21.3 Å². The highest BCUT2D eigenvalue weighted by molar-refractivity contribution is 7.18. The number of carbonyl (C=O) groups is 1. The number of amidine groups is 1. The lowest BCUT2D eigenvalue weighted by Gasteiger charge is -2.19. The number of aromatic amines is 1. The maximum absolute atomic E-state index is 13.0. The number of aliphatic hydroxyl groups is 2. The number of nitrogens with zero attached hydrogens (tertiary/aromatic N) is 4. The van der Waals surface area contributed by atoms with Crippen molar-refractivity contribution in [3.63, 3.8) is 0 Å². The normalized spacial score (nSPS) is 16.8. The second-order valence-electron chi connectivity index (χ2n) is 6.89. The van der Waals surface area contributed by atoms with Crippen LogP contribution in [-0.4, -0.2) is 55.2 Å². The van der Waals surface area contributed by atoms with Crippen LogP contribution in [0.3, 0.4) is 0 Å². The van der Waals surface area contributed by atoms with Gasteiger partial charge in [0.2, 0.25) is 0 Å². The summed E-state index contributed by atoms with van der Waals surface area (Å²) in [5.41, 5.74) is 6.24. The average molecular weight is 496 g/mol. The smallest absolute Gasteiger partial charge is 0.273 e. The number of rotatable bonds is 6. The molecule has 0 bridgehead atoms. The second kappa shape index (κ2) is 8.96. The van der Waals surface area contributed by atoms with Crippen molar-refractivity contribution >= 4 is 62.2 Å². The quantitative estimate of drug-likeness (QED) is 0.251. The lowest BCUT2D eigenvalue weighted by atomic mass is 10.2. The molecule has 168 valence electrons. The topological polar surface area (TPSA) is 170 Å². The Morgan fingerprint density at radius 1 is 1.53 bits per heavy atom. The first kappa shape index (κ1) is 22.4. The summed E-state index contributed by atoms with van der Waals surface area (Å²) in [4.78, 5) is 39.1. The lowest BCUT2D eigenvalue weighted by Crippen LogP contribution is -2.37. The number of fused-ring (bicyclic) bond motifs is 1. The van der Waals surface area contributed by atoms with Gasteiger partial charge in [-0.3, -0.25) is 23.9 Å². The molecule has 0 spiro atoms. The number of halogens is 1. The predicted octanol–water partition coefficient (Wildman–Crippen LogP) is 1.29. The van der Waals surface area contributed by atoms with Gasteiger partial charge in [-0.05, 0) is 24.5 Å². The molecule has 3 aromatic heterocycles. The van der Waals surface area contributed by atoms with Crippen molar-refractivity contribution in [2.75, 3.05) is 16.8 Å². The lowest BCUT2D eigenvalue weighted by molar-refractivity contribution is 0.0906. The number of amides is 1. The number of pyridine rings is 1. The zero-order valence-electron chi connectivity index (χ0n) is 16.6. The molecule has 6 N–H and O–H groups in total. The summed E-state index contributed by atoms with van der Waals surface area (Å²) in [6.45, 7) is 1.45. The van der Waals surface area contributed by atoms with Crippen LogP contribution in [0, 0.1) is 0 Å². The van der Waals surface area contributed by atoms with Crippen molar-refractivity contribution in [2.24, 2.45) is 10.7 Å². The molecule has 2 atom stereocenters. The maximum atomic E-state index is 13.0. The van der Waals surface area contributed by atoms with E-state index in [9.17, 15) is 14.7 Å². The van der Waals surface area contributed by atoms with Gasteiger partial charge in [-0.15, -0.1) is 0 Å². The predicted molar refractivity (Wildman–Crippen MR) is 123 cm³/mol. The summed E-state index contributed by atoms with van der Waals surface area (Å²) in [5.74, 6) is -0.188. The molecule has 0 saturated heterocycles. The maximum Gasteiger partial charge on any atom is 0.273 e. The molecule has 1 amide bonds. The first-order chi connectivity index (χ1) is 15.3. The van der Waals surface area contributed by atoms with Gasteiger partial charge in [0.25, 0.3) is 11.5 Å². The third-order valence-corrected chi connectivity index (χ3v) is 6.68. The number of nitrogens with two attached hydrogens (primary N) is 1. The molecule has 11 nitrogen and oxygen atoms in total. The molecule has 0 radical (unpaired) electrons. The molecule has 0 aromatic carbocycles. The molecular weight excluding hydrogens is 478 g/mol. The van der Waals surface area contributed by atoms with Crippen LogP contribution in [0.5, 0.6) is 0 Å². The summed E-state index contributed by atoms with van der Waals surface area (Å²) in [6.07, 6.45) is 1.93. The van der Waals surface area contributed by atoms with Crippen LogP contribution in [0.25, 0.3) is 0 Å². The Morgan fingerprint density at radius 2 is 2.31 bits per heavy atom. The van der Waals surface area contributed by atoms with E-state index in [2.05, 4.69) is 24.7 Å². The van der Waals surface area contributed by atoms with E-state index in [-0.39, 0.29) is 29.3 Å². The van der Waals surface area contributed by atoms with E-state index in [4.69, 9.17) is 22.4 Å². The average Bonchev–Trinajstić information content (AvgIpc) is 3.45. The molecule has 32 heavy (non-hydrogen) atoms. The highest BCUT2D eigenvalue weighted by Gasteiger charge is 2.36. The minimum Gasteiger partial charge on any atom is -0.394 e. The van der Waals surface area contributed by atoms with Crippen molar-refractivity contribution in [2.45, 2.75) is 25.6 Å². The first-order valence-corrected chi connectivity index (χ1v) is 11.3. The second-order valence-corrected chi connectivity index (χ2v) is 9.15. The summed E-state index contributed by atoms with van der Waals surface area (Å²) in [5, 5.41) is 23.7. The number of aliphatic hydroxyl groups excluding tert-OH is 2. The summed E-state index contributed by atoms with van der Waals surface area (Å²) in [7, 11) is 0. The van der Waals surface area contributed by atoms with Crippen LogP contribution in [0.2, 0.25) is 5.02 Å². The number of thiazole rings is 1. The molecule has 3 aromatic rings. The fraction of sp³-hybridized carbons (Fsp3) is 0.278. The van der Waals surface area contributed by atoms with E-state index < -0.39 is 23.7 Å². The van der Waals surface area contributed by atoms with Crippen LogP contribution in [0.1, 0.15) is 27.7 Å². The van der Waals surface area contributed by atoms with Crippen molar-refractivity contribution < 1.29 is 15.0 Å². The number of hydrogen-bond acceptors (Lipinski definition) is 10. The number of hydrogen-bond donors (Lipinski definition) is 5. The standard InChI is InChI=1S/C18H18ClN7O4S2/c1-7(6-27)23-13(20)12-15(29)25-32-16(12)24-18-22-5-10(31-18)17(30)26-11(28)4-8-9(19)2-3-21-14(8)26/h2-3,5,7,11,27-28H,4,6H2,1H3,(H2,20,23)(H,22,24)(H,25,29). The number of H-pyrrole nitrogens is 1.